The number of rotatable bonds is 6. The zero-order valence-corrected chi connectivity index (χ0v) is 16.3. The Hall–Kier alpha value is -3.48. The Balaban J connectivity index is 1.46. The molecule has 1 heterocycles. The number of hydrogen-bond donors (Lipinski definition) is 2. The predicted molar refractivity (Wildman–Crippen MR) is 110 cm³/mol. The van der Waals surface area contributed by atoms with E-state index in [-0.39, 0.29) is 18.5 Å². The summed E-state index contributed by atoms with van der Waals surface area (Å²) in [6, 6.07) is 17.6. The maximum absolute atomic E-state index is 12.9. The first-order chi connectivity index (χ1) is 14.0. The smallest absolute Gasteiger partial charge is 0.317 e. The van der Waals surface area contributed by atoms with Gasteiger partial charge in [-0.3, -0.25) is 4.79 Å². The van der Waals surface area contributed by atoms with Crippen molar-refractivity contribution >= 4 is 23.6 Å². The molecule has 29 heavy (non-hydrogen) atoms. The fraction of sp³-hybridized carbons (Fsp3) is 0.273. The van der Waals surface area contributed by atoms with Crippen LogP contribution in [0.2, 0.25) is 0 Å². The van der Waals surface area contributed by atoms with Crippen LogP contribution in [0.5, 0.6) is 0 Å². The lowest BCUT2D eigenvalue weighted by Gasteiger charge is -2.39. The molecule has 1 saturated carbocycles. The van der Waals surface area contributed by atoms with Gasteiger partial charge in [-0.15, -0.1) is 0 Å². The Morgan fingerprint density at radius 1 is 1.07 bits per heavy atom. The van der Waals surface area contributed by atoms with Crippen molar-refractivity contribution in [3.05, 3.63) is 71.5 Å². The predicted octanol–water partition coefficient (Wildman–Crippen LogP) is 3.67. The molecule has 148 valence electrons. The summed E-state index contributed by atoms with van der Waals surface area (Å²) in [6.07, 6.45) is 2.58. The molecule has 0 radical (unpaired) electrons. The maximum Gasteiger partial charge on any atom is 0.317 e. The summed E-state index contributed by atoms with van der Waals surface area (Å²) in [5.41, 5.74) is 8.23. The molecule has 0 unspecified atom stereocenters. The average molecular weight is 389 g/mol. The first kappa shape index (κ1) is 18.9. The molecule has 7 nitrogen and oxygen atoms in total. The second kappa shape index (κ2) is 7.87. The first-order valence-electron chi connectivity index (χ1n) is 9.62. The number of hydrogen-bond acceptors (Lipinski definition) is 7. The molecule has 3 N–H and O–H groups in total. The van der Waals surface area contributed by atoms with Crippen molar-refractivity contribution in [1.29, 1.82) is 0 Å². The number of carbonyl (C=O) groups excluding carboxylic acids is 1. The number of ether oxygens (including phenoxy) is 1. The van der Waals surface area contributed by atoms with Crippen LogP contribution in [0.4, 0.5) is 17.6 Å². The average Bonchev–Trinajstić information content (AvgIpc) is 2.68. The van der Waals surface area contributed by atoms with Crippen molar-refractivity contribution < 1.29 is 9.53 Å². The van der Waals surface area contributed by atoms with Gasteiger partial charge in [0.2, 0.25) is 11.9 Å². The van der Waals surface area contributed by atoms with Crippen molar-refractivity contribution in [2.45, 2.75) is 38.2 Å². The fourth-order valence-corrected chi connectivity index (χ4v) is 3.49. The number of benzene rings is 2. The Morgan fingerprint density at radius 3 is 2.45 bits per heavy atom. The molecule has 1 aromatic heterocycles. The summed E-state index contributed by atoms with van der Waals surface area (Å²) in [6.45, 7) is 1.96. The van der Waals surface area contributed by atoms with Gasteiger partial charge in [0, 0.05) is 5.69 Å². The van der Waals surface area contributed by atoms with Gasteiger partial charge in [-0.05, 0) is 37.5 Å². The van der Waals surface area contributed by atoms with Gasteiger partial charge >= 0.3 is 5.97 Å². The third-order valence-electron chi connectivity index (χ3n) is 5.26. The van der Waals surface area contributed by atoms with Gasteiger partial charge < -0.3 is 15.8 Å². The molecular formula is C22H23N5O2. The van der Waals surface area contributed by atoms with E-state index < -0.39 is 5.41 Å². The molecule has 2 aromatic carbocycles. The van der Waals surface area contributed by atoms with E-state index in [1.807, 2.05) is 61.5 Å². The number of nitrogens with one attached hydrogen (secondary N) is 1. The highest BCUT2D eigenvalue weighted by molar-refractivity contribution is 5.84. The van der Waals surface area contributed by atoms with Crippen molar-refractivity contribution in [2.75, 3.05) is 11.1 Å². The molecule has 0 bridgehead atoms. The highest BCUT2D eigenvalue weighted by atomic mass is 16.5. The van der Waals surface area contributed by atoms with E-state index in [0.717, 1.165) is 36.1 Å². The molecule has 4 rings (SSSR count). The normalized spacial score (nSPS) is 14.7. The molecule has 0 aliphatic heterocycles. The van der Waals surface area contributed by atoms with Crippen molar-refractivity contribution in [2.24, 2.45) is 0 Å². The minimum atomic E-state index is -0.567. The summed E-state index contributed by atoms with van der Waals surface area (Å²) in [7, 11) is 0. The number of nitrogens with two attached hydrogens (primary N) is 1. The van der Waals surface area contributed by atoms with E-state index in [1.165, 1.54) is 0 Å². The van der Waals surface area contributed by atoms with Gasteiger partial charge in [-0.2, -0.15) is 15.0 Å². The Bertz CT molecular complexity index is 1000. The third kappa shape index (κ3) is 4.03. The lowest BCUT2D eigenvalue weighted by atomic mass is 9.64. The SMILES string of the molecule is Cc1ccc(Nc2nc(N)nc(COC(=O)C3(c4ccccc4)CCC3)n2)cc1. The van der Waals surface area contributed by atoms with Gasteiger partial charge in [-0.25, -0.2) is 0 Å². The standard InChI is InChI=1S/C22H23N5O2/c1-15-8-10-17(11-9-15)24-21-26-18(25-20(23)27-21)14-29-19(28)22(12-5-13-22)16-6-3-2-4-7-16/h2-4,6-11H,5,12-14H2,1H3,(H3,23,24,25,26,27). The van der Waals surface area contributed by atoms with Gasteiger partial charge in [0.1, 0.15) is 0 Å². The molecule has 0 atom stereocenters. The van der Waals surface area contributed by atoms with Crippen LogP contribution in [-0.4, -0.2) is 20.9 Å². The zero-order chi connectivity index (χ0) is 20.3. The third-order valence-corrected chi connectivity index (χ3v) is 5.26. The minimum absolute atomic E-state index is 0.0529. The number of carbonyl (C=O) groups is 1. The van der Waals surface area contributed by atoms with E-state index >= 15 is 0 Å². The molecule has 0 amide bonds. The van der Waals surface area contributed by atoms with Crippen molar-refractivity contribution in [3.8, 4) is 0 Å². The van der Waals surface area contributed by atoms with E-state index in [4.69, 9.17) is 10.5 Å². The topological polar surface area (TPSA) is 103 Å². The lowest BCUT2D eigenvalue weighted by molar-refractivity contribution is -0.156. The fourth-order valence-electron chi connectivity index (χ4n) is 3.49. The lowest BCUT2D eigenvalue weighted by Crippen LogP contribution is -2.43. The number of esters is 1. The van der Waals surface area contributed by atoms with Crippen LogP contribution < -0.4 is 11.1 Å². The summed E-state index contributed by atoms with van der Waals surface area (Å²) in [5.74, 6) is 0.445. The summed E-state index contributed by atoms with van der Waals surface area (Å²) >= 11 is 0. The molecule has 7 heteroatoms. The Kier molecular flexibility index (Phi) is 5.12. The Labute approximate surface area is 169 Å². The number of aromatic nitrogens is 3. The summed E-state index contributed by atoms with van der Waals surface area (Å²) < 4.78 is 5.59. The van der Waals surface area contributed by atoms with Crippen LogP contribution in [0.15, 0.2) is 54.6 Å². The molecule has 1 aliphatic rings. The molecule has 0 spiro atoms. The minimum Gasteiger partial charge on any atom is -0.457 e. The van der Waals surface area contributed by atoms with E-state index in [2.05, 4.69) is 20.3 Å². The highest BCUT2D eigenvalue weighted by Gasteiger charge is 2.47. The van der Waals surface area contributed by atoms with E-state index in [1.54, 1.807) is 0 Å². The first-order valence-corrected chi connectivity index (χ1v) is 9.62. The van der Waals surface area contributed by atoms with Crippen LogP contribution >= 0.6 is 0 Å². The van der Waals surface area contributed by atoms with Crippen molar-refractivity contribution in [3.63, 3.8) is 0 Å². The number of anilines is 3. The van der Waals surface area contributed by atoms with Crippen molar-refractivity contribution in [1.82, 2.24) is 15.0 Å². The molecule has 1 fully saturated rings. The molecular weight excluding hydrogens is 366 g/mol. The molecule has 3 aromatic rings. The van der Waals surface area contributed by atoms with Gasteiger partial charge in [-0.1, -0.05) is 54.4 Å². The van der Waals surface area contributed by atoms with Crippen LogP contribution in [0.3, 0.4) is 0 Å². The highest BCUT2D eigenvalue weighted by Crippen LogP contribution is 2.44. The van der Waals surface area contributed by atoms with Crippen LogP contribution in [0.25, 0.3) is 0 Å². The maximum atomic E-state index is 12.9. The number of aryl methyl sites for hydroxylation is 1. The van der Waals surface area contributed by atoms with E-state index in [9.17, 15) is 4.79 Å². The molecule has 1 aliphatic carbocycles. The summed E-state index contributed by atoms with van der Waals surface area (Å²) in [5, 5.41) is 3.10. The Morgan fingerprint density at radius 2 is 1.79 bits per heavy atom. The van der Waals surface area contributed by atoms with Gasteiger partial charge in [0.05, 0.1) is 5.41 Å². The summed E-state index contributed by atoms with van der Waals surface area (Å²) in [4.78, 5) is 25.4. The zero-order valence-electron chi connectivity index (χ0n) is 16.3. The van der Waals surface area contributed by atoms with Gasteiger partial charge in [0.25, 0.3) is 0 Å². The quantitative estimate of drug-likeness (QED) is 0.620. The molecule has 0 saturated heterocycles. The second-order valence-electron chi connectivity index (χ2n) is 7.30. The monoisotopic (exact) mass is 389 g/mol. The van der Waals surface area contributed by atoms with Gasteiger partial charge in [0.15, 0.2) is 12.4 Å². The number of nitrogens with zero attached hydrogens (tertiary/aromatic N) is 3. The van der Waals surface area contributed by atoms with E-state index in [0.29, 0.717) is 11.8 Å². The largest absolute Gasteiger partial charge is 0.457 e. The van der Waals surface area contributed by atoms with Crippen LogP contribution in [-0.2, 0) is 21.6 Å². The number of nitrogen functional groups attached to an aromatic ring is 1. The van der Waals surface area contributed by atoms with Crippen LogP contribution in [0, 0.1) is 6.92 Å². The second-order valence-corrected chi connectivity index (χ2v) is 7.30. The van der Waals surface area contributed by atoms with Crippen LogP contribution in [0.1, 0.15) is 36.2 Å².